The Labute approximate surface area is 160 Å². The summed E-state index contributed by atoms with van der Waals surface area (Å²) in [7, 11) is 1.67. The minimum atomic E-state index is -1.13. The van der Waals surface area contributed by atoms with E-state index >= 15 is 0 Å². The molecule has 0 bridgehead atoms. The fraction of sp³-hybridized carbons (Fsp3) is 0.176. The number of nitrogens with zero attached hydrogens (tertiary/aromatic N) is 3. The predicted molar refractivity (Wildman–Crippen MR) is 96.6 cm³/mol. The van der Waals surface area contributed by atoms with Gasteiger partial charge in [0, 0.05) is 37.5 Å². The van der Waals surface area contributed by atoms with Gasteiger partial charge in [0.25, 0.3) is 5.56 Å². The van der Waals surface area contributed by atoms with Crippen LogP contribution in [0, 0.1) is 17.5 Å². The number of aromatic nitrogens is 3. The van der Waals surface area contributed by atoms with Gasteiger partial charge in [0.2, 0.25) is 0 Å². The van der Waals surface area contributed by atoms with Crippen molar-refractivity contribution in [1.82, 2.24) is 14.3 Å². The quantitative estimate of drug-likeness (QED) is 0.581. The summed E-state index contributed by atoms with van der Waals surface area (Å²) < 4.78 is 45.5. The van der Waals surface area contributed by atoms with E-state index in [1.807, 2.05) is 0 Å². The van der Waals surface area contributed by atoms with Crippen LogP contribution in [0.4, 0.5) is 13.2 Å². The second kappa shape index (κ2) is 6.92. The molecular formula is C17H12BrClF3N3O. The monoisotopic (exact) mass is 445 g/mol. The number of hydrogen-bond donors (Lipinski definition) is 0. The van der Waals surface area contributed by atoms with Gasteiger partial charge in [0.15, 0.2) is 0 Å². The molecule has 0 fully saturated rings. The minimum Gasteiger partial charge on any atom is -0.306 e. The Morgan fingerprint density at radius 2 is 1.81 bits per heavy atom. The van der Waals surface area contributed by atoms with Crippen molar-refractivity contribution >= 4 is 27.5 Å². The molecule has 2 heterocycles. The van der Waals surface area contributed by atoms with Crippen LogP contribution in [0.1, 0.15) is 6.92 Å². The summed E-state index contributed by atoms with van der Waals surface area (Å²) in [5, 5.41) is 4.15. The van der Waals surface area contributed by atoms with Gasteiger partial charge in [-0.3, -0.25) is 9.48 Å². The molecule has 26 heavy (non-hydrogen) atoms. The van der Waals surface area contributed by atoms with E-state index in [9.17, 15) is 18.0 Å². The number of benzene rings is 1. The first-order chi connectivity index (χ1) is 12.2. The van der Waals surface area contributed by atoms with Crippen molar-refractivity contribution in [3.63, 3.8) is 0 Å². The molecule has 0 saturated carbocycles. The Morgan fingerprint density at radius 3 is 2.31 bits per heavy atom. The molecular weight excluding hydrogens is 435 g/mol. The van der Waals surface area contributed by atoms with Crippen molar-refractivity contribution in [2.24, 2.45) is 7.05 Å². The highest BCUT2D eigenvalue weighted by molar-refractivity contribution is 9.10. The Kier molecular flexibility index (Phi) is 4.98. The molecule has 0 radical (unpaired) electrons. The zero-order valence-electron chi connectivity index (χ0n) is 13.7. The number of halogens is 5. The molecule has 0 aliphatic heterocycles. The van der Waals surface area contributed by atoms with Crippen LogP contribution in [0.5, 0.6) is 0 Å². The molecule has 0 amide bonds. The van der Waals surface area contributed by atoms with Crippen molar-refractivity contribution in [2.45, 2.75) is 13.5 Å². The molecule has 0 saturated heterocycles. The third-order valence-corrected chi connectivity index (χ3v) is 4.70. The molecule has 3 rings (SSSR count). The lowest BCUT2D eigenvalue weighted by Crippen LogP contribution is -2.23. The third kappa shape index (κ3) is 3.07. The Hall–Kier alpha value is -2.06. The van der Waals surface area contributed by atoms with Crippen molar-refractivity contribution in [2.75, 3.05) is 0 Å². The number of rotatable bonds is 3. The lowest BCUT2D eigenvalue weighted by Gasteiger charge is -2.17. The molecule has 0 aliphatic carbocycles. The van der Waals surface area contributed by atoms with E-state index < -0.39 is 28.6 Å². The van der Waals surface area contributed by atoms with Crippen molar-refractivity contribution in [3.8, 4) is 22.5 Å². The number of aryl methyl sites for hydroxylation is 1. The second-order valence-electron chi connectivity index (χ2n) is 5.55. The summed E-state index contributed by atoms with van der Waals surface area (Å²) in [6.45, 7) is 1.74. The molecule has 4 nitrogen and oxygen atoms in total. The smallest absolute Gasteiger partial charge is 0.269 e. The van der Waals surface area contributed by atoms with Crippen LogP contribution in [-0.4, -0.2) is 14.3 Å². The summed E-state index contributed by atoms with van der Waals surface area (Å²) >= 11 is 9.38. The van der Waals surface area contributed by atoms with Gasteiger partial charge in [-0.05, 0) is 28.9 Å². The largest absolute Gasteiger partial charge is 0.306 e. The van der Waals surface area contributed by atoms with Gasteiger partial charge in [-0.2, -0.15) is 5.10 Å². The first-order valence-electron chi connectivity index (χ1n) is 7.52. The fourth-order valence-corrected chi connectivity index (χ4v) is 3.60. The van der Waals surface area contributed by atoms with E-state index in [1.165, 1.54) is 10.7 Å². The lowest BCUT2D eigenvalue weighted by molar-refractivity contribution is 0.545. The molecule has 136 valence electrons. The Bertz CT molecular complexity index is 1050. The van der Waals surface area contributed by atoms with Crippen LogP contribution in [-0.2, 0) is 13.6 Å². The van der Waals surface area contributed by atoms with Crippen LogP contribution >= 0.6 is 27.5 Å². The third-order valence-electron chi connectivity index (χ3n) is 3.84. The fourth-order valence-electron chi connectivity index (χ4n) is 2.80. The predicted octanol–water partition coefficient (Wildman–Crippen LogP) is 4.77. The van der Waals surface area contributed by atoms with Crippen LogP contribution < -0.4 is 5.56 Å². The number of pyridine rings is 1. The van der Waals surface area contributed by atoms with E-state index in [4.69, 9.17) is 11.6 Å². The zero-order chi connectivity index (χ0) is 19.2. The highest BCUT2D eigenvalue weighted by atomic mass is 79.9. The van der Waals surface area contributed by atoms with E-state index in [-0.39, 0.29) is 22.8 Å². The maximum Gasteiger partial charge on any atom is 0.269 e. The summed E-state index contributed by atoms with van der Waals surface area (Å²) in [5.74, 6) is -3.30. The Balaban J connectivity index is 2.50. The highest BCUT2D eigenvalue weighted by Crippen LogP contribution is 2.38. The molecule has 2 aromatic heterocycles. The Morgan fingerprint density at radius 1 is 1.19 bits per heavy atom. The van der Waals surface area contributed by atoms with Crippen LogP contribution in [0.15, 0.2) is 33.7 Å². The minimum absolute atomic E-state index is 0.0590. The summed E-state index contributed by atoms with van der Waals surface area (Å²) in [6, 6.07) is 2.43. The van der Waals surface area contributed by atoms with Gasteiger partial charge in [-0.25, -0.2) is 13.2 Å². The maximum absolute atomic E-state index is 14.5. The van der Waals surface area contributed by atoms with Crippen molar-refractivity contribution < 1.29 is 13.2 Å². The van der Waals surface area contributed by atoms with Gasteiger partial charge in [-0.15, -0.1) is 0 Å². The van der Waals surface area contributed by atoms with Gasteiger partial charge in [0.05, 0.1) is 15.7 Å². The van der Waals surface area contributed by atoms with E-state index in [2.05, 4.69) is 21.0 Å². The molecule has 0 atom stereocenters. The SMILES string of the molecule is CCn1c(-c2c(F)cc(F)cc2F)c(-c2nn(C)cc2Br)cc(Cl)c1=O. The van der Waals surface area contributed by atoms with Crippen molar-refractivity contribution in [1.29, 1.82) is 0 Å². The summed E-state index contributed by atoms with van der Waals surface area (Å²) in [4.78, 5) is 12.4. The molecule has 0 spiro atoms. The molecule has 0 unspecified atom stereocenters. The zero-order valence-corrected chi connectivity index (χ0v) is 16.0. The van der Waals surface area contributed by atoms with Gasteiger partial charge in [0.1, 0.15) is 28.2 Å². The topological polar surface area (TPSA) is 39.8 Å². The van der Waals surface area contributed by atoms with Crippen molar-refractivity contribution in [3.05, 3.63) is 61.7 Å². The first kappa shape index (κ1) is 18.7. The molecule has 0 N–H and O–H groups in total. The molecule has 1 aromatic carbocycles. The summed E-state index contributed by atoms with van der Waals surface area (Å²) in [5.41, 5.74) is -0.600. The van der Waals surface area contributed by atoms with Gasteiger partial charge >= 0.3 is 0 Å². The average Bonchev–Trinajstić information content (AvgIpc) is 2.88. The summed E-state index contributed by atoms with van der Waals surface area (Å²) in [6.07, 6.45) is 1.64. The molecule has 9 heteroatoms. The second-order valence-corrected chi connectivity index (χ2v) is 6.81. The lowest BCUT2D eigenvalue weighted by atomic mass is 10.0. The first-order valence-corrected chi connectivity index (χ1v) is 8.69. The molecule has 3 aromatic rings. The van der Waals surface area contributed by atoms with Crippen LogP contribution in [0.25, 0.3) is 22.5 Å². The van der Waals surface area contributed by atoms with E-state index in [0.717, 1.165) is 4.57 Å². The van der Waals surface area contributed by atoms with Crippen LogP contribution in [0.2, 0.25) is 5.02 Å². The average molecular weight is 447 g/mol. The standard InChI is InChI=1S/C17H12BrClF3N3O/c1-3-25-16(14-12(21)4-8(20)5-13(14)22)9(6-11(19)17(25)26)15-10(18)7-24(2)23-15/h4-7H,3H2,1-2H3. The maximum atomic E-state index is 14.5. The van der Waals surface area contributed by atoms with Gasteiger partial charge in [-0.1, -0.05) is 11.6 Å². The highest BCUT2D eigenvalue weighted by Gasteiger charge is 2.25. The molecule has 0 aliphatic rings. The van der Waals surface area contributed by atoms with Gasteiger partial charge < -0.3 is 4.57 Å². The van der Waals surface area contributed by atoms with E-state index in [1.54, 1.807) is 20.2 Å². The van der Waals surface area contributed by atoms with Crippen LogP contribution in [0.3, 0.4) is 0 Å². The van der Waals surface area contributed by atoms with E-state index in [0.29, 0.717) is 22.3 Å². The number of hydrogen-bond acceptors (Lipinski definition) is 2. The normalized spacial score (nSPS) is 11.2.